The maximum Gasteiger partial charge on any atom is 0.338 e. The number of likely N-dealkylation sites (tertiary alicyclic amines) is 1. The minimum Gasteiger partial charge on any atom is -0.449 e. The predicted molar refractivity (Wildman–Crippen MR) is 105 cm³/mol. The smallest absolute Gasteiger partial charge is 0.338 e. The van der Waals surface area contributed by atoms with Gasteiger partial charge in [0.05, 0.1) is 10.6 Å². The first kappa shape index (κ1) is 21.1. The largest absolute Gasteiger partial charge is 0.449 e. The first-order valence-corrected chi connectivity index (χ1v) is 11.5. The summed E-state index contributed by atoms with van der Waals surface area (Å²) in [6.45, 7) is 2.86. The molecule has 1 aromatic carbocycles. The van der Waals surface area contributed by atoms with Crippen molar-refractivity contribution in [3.63, 3.8) is 0 Å². The molecule has 1 N–H and O–H groups in total. The van der Waals surface area contributed by atoms with E-state index in [9.17, 15) is 18.0 Å². The van der Waals surface area contributed by atoms with Crippen molar-refractivity contribution in [2.75, 3.05) is 13.1 Å². The quantitative estimate of drug-likeness (QED) is 0.703. The van der Waals surface area contributed by atoms with E-state index in [2.05, 4.69) is 4.72 Å². The van der Waals surface area contributed by atoms with E-state index in [1.807, 2.05) is 0 Å². The minimum absolute atomic E-state index is 0.0263. The van der Waals surface area contributed by atoms with Crippen LogP contribution in [0.5, 0.6) is 0 Å². The summed E-state index contributed by atoms with van der Waals surface area (Å²) in [5, 5.41) is 0.0263. The molecule has 7 nitrogen and oxygen atoms in total. The third kappa shape index (κ3) is 5.24. The van der Waals surface area contributed by atoms with Crippen LogP contribution < -0.4 is 4.72 Å². The number of hydrogen-bond donors (Lipinski definition) is 1. The van der Waals surface area contributed by atoms with Gasteiger partial charge in [0.15, 0.2) is 6.10 Å². The van der Waals surface area contributed by atoms with Gasteiger partial charge in [0.1, 0.15) is 4.90 Å². The summed E-state index contributed by atoms with van der Waals surface area (Å²) in [4.78, 5) is 26.6. The third-order valence-electron chi connectivity index (χ3n) is 4.90. The molecular formula is C19H25ClN2O5S. The minimum atomic E-state index is -3.81. The number of rotatable bonds is 6. The Bertz CT molecular complexity index is 846. The van der Waals surface area contributed by atoms with Crippen LogP contribution in [0.1, 0.15) is 55.8 Å². The Morgan fingerprint density at radius 1 is 1.18 bits per heavy atom. The number of carbonyl (C=O) groups is 2. The zero-order valence-electron chi connectivity index (χ0n) is 15.8. The monoisotopic (exact) mass is 428 g/mol. The summed E-state index contributed by atoms with van der Waals surface area (Å²) in [5.74, 6) is -0.984. The Balaban J connectivity index is 1.69. The molecule has 28 heavy (non-hydrogen) atoms. The fourth-order valence-corrected chi connectivity index (χ4v) is 4.98. The fraction of sp³-hybridized carbons (Fsp3) is 0.579. The van der Waals surface area contributed by atoms with Crippen LogP contribution in [0.15, 0.2) is 23.1 Å². The molecule has 1 saturated carbocycles. The Hall–Kier alpha value is -1.64. The lowest BCUT2D eigenvalue weighted by Gasteiger charge is -2.24. The summed E-state index contributed by atoms with van der Waals surface area (Å²) in [6, 6.07) is 3.85. The summed E-state index contributed by atoms with van der Waals surface area (Å²) < 4.78 is 32.7. The molecule has 1 aliphatic heterocycles. The van der Waals surface area contributed by atoms with Crippen LogP contribution in [0.4, 0.5) is 0 Å². The van der Waals surface area contributed by atoms with Crippen molar-refractivity contribution in [2.45, 2.75) is 62.5 Å². The molecule has 1 atom stereocenters. The van der Waals surface area contributed by atoms with Gasteiger partial charge in [-0.15, -0.1) is 0 Å². The van der Waals surface area contributed by atoms with Crippen LogP contribution in [0.3, 0.4) is 0 Å². The molecule has 2 aliphatic rings. The lowest BCUT2D eigenvalue weighted by molar-refractivity contribution is -0.139. The predicted octanol–water partition coefficient (Wildman–Crippen LogP) is 2.73. The first-order chi connectivity index (χ1) is 13.3. The zero-order valence-corrected chi connectivity index (χ0v) is 17.4. The normalized spacial score (nSPS) is 19.0. The Kier molecular flexibility index (Phi) is 6.62. The first-order valence-electron chi connectivity index (χ1n) is 9.59. The van der Waals surface area contributed by atoms with E-state index in [1.54, 1.807) is 4.90 Å². The molecule has 9 heteroatoms. The average molecular weight is 429 g/mol. The van der Waals surface area contributed by atoms with E-state index < -0.39 is 22.1 Å². The lowest BCUT2D eigenvalue weighted by atomic mass is 10.2. The van der Waals surface area contributed by atoms with Gasteiger partial charge in [0, 0.05) is 19.1 Å². The van der Waals surface area contributed by atoms with Crippen molar-refractivity contribution >= 4 is 33.5 Å². The lowest BCUT2D eigenvalue weighted by Crippen LogP contribution is -2.40. The molecule has 0 spiro atoms. The highest BCUT2D eigenvalue weighted by atomic mass is 35.5. The highest BCUT2D eigenvalue weighted by Gasteiger charge is 2.30. The number of benzene rings is 1. The van der Waals surface area contributed by atoms with Crippen LogP contribution in [-0.4, -0.2) is 50.4 Å². The van der Waals surface area contributed by atoms with Crippen molar-refractivity contribution in [1.29, 1.82) is 0 Å². The van der Waals surface area contributed by atoms with E-state index in [1.165, 1.54) is 25.1 Å². The Morgan fingerprint density at radius 3 is 2.43 bits per heavy atom. The summed E-state index contributed by atoms with van der Waals surface area (Å²) >= 11 is 6.03. The number of nitrogens with zero attached hydrogens (tertiary/aromatic N) is 1. The molecule has 0 radical (unpaired) electrons. The van der Waals surface area contributed by atoms with Crippen LogP contribution >= 0.6 is 11.6 Å². The fourth-order valence-electron chi connectivity index (χ4n) is 3.15. The van der Waals surface area contributed by atoms with Gasteiger partial charge in [-0.25, -0.2) is 17.9 Å². The number of nitrogens with one attached hydrogen (secondary N) is 1. The topological polar surface area (TPSA) is 92.8 Å². The number of hydrogen-bond acceptors (Lipinski definition) is 5. The number of ether oxygens (including phenoxy) is 1. The molecule has 0 bridgehead atoms. The van der Waals surface area contributed by atoms with Gasteiger partial charge >= 0.3 is 5.97 Å². The molecular weight excluding hydrogens is 404 g/mol. The van der Waals surface area contributed by atoms with Crippen LogP contribution in [0, 0.1) is 0 Å². The van der Waals surface area contributed by atoms with Crippen LogP contribution in [0.25, 0.3) is 0 Å². The van der Waals surface area contributed by atoms with Gasteiger partial charge in [-0.1, -0.05) is 24.4 Å². The highest BCUT2D eigenvalue weighted by molar-refractivity contribution is 7.89. The van der Waals surface area contributed by atoms with Gasteiger partial charge in [-0.3, -0.25) is 4.79 Å². The van der Waals surface area contributed by atoms with Crippen molar-refractivity contribution in [2.24, 2.45) is 0 Å². The standard InChI is InChI=1S/C19H25ClN2O5S/c1-13(18(23)22-10-4-2-3-5-11-22)27-19(24)14-6-9-16(20)17(12-14)28(25,26)21-15-7-8-15/h6,9,12-13,15,21H,2-5,7-8,10-11H2,1H3. The summed E-state index contributed by atoms with van der Waals surface area (Å²) in [7, 11) is -3.81. The number of sulfonamides is 1. The van der Waals surface area contributed by atoms with Crippen LogP contribution in [0.2, 0.25) is 5.02 Å². The SMILES string of the molecule is CC(OC(=O)c1ccc(Cl)c(S(=O)(=O)NC2CC2)c1)C(=O)N1CCCCCC1. The summed E-state index contributed by atoms with van der Waals surface area (Å²) in [5.41, 5.74) is 0.0380. The maximum absolute atomic E-state index is 12.5. The van der Waals surface area contributed by atoms with E-state index in [-0.39, 0.29) is 27.4 Å². The van der Waals surface area contributed by atoms with Gasteiger partial charge in [-0.05, 0) is 50.8 Å². The molecule has 1 heterocycles. The van der Waals surface area contributed by atoms with Crippen molar-refractivity contribution in [3.05, 3.63) is 28.8 Å². The highest BCUT2D eigenvalue weighted by Crippen LogP contribution is 2.27. The number of halogens is 1. The second kappa shape index (κ2) is 8.80. The van der Waals surface area contributed by atoms with E-state index in [0.717, 1.165) is 38.5 Å². The van der Waals surface area contributed by atoms with Crippen molar-refractivity contribution in [3.8, 4) is 0 Å². The van der Waals surface area contributed by atoms with Gasteiger partial charge in [0.2, 0.25) is 10.0 Å². The maximum atomic E-state index is 12.5. The third-order valence-corrected chi connectivity index (χ3v) is 6.91. The molecule has 1 amide bonds. The van der Waals surface area contributed by atoms with Gasteiger partial charge in [-0.2, -0.15) is 0 Å². The molecule has 0 aromatic heterocycles. The van der Waals surface area contributed by atoms with Crippen molar-refractivity contribution < 1.29 is 22.7 Å². The van der Waals surface area contributed by atoms with Crippen molar-refractivity contribution in [1.82, 2.24) is 9.62 Å². The van der Waals surface area contributed by atoms with Gasteiger partial charge in [0.25, 0.3) is 5.91 Å². The zero-order chi connectivity index (χ0) is 20.3. The molecule has 154 valence electrons. The molecule has 1 unspecified atom stereocenters. The number of amides is 1. The molecule has 1 saturated heterocycles. The second-order valence-corrected chi connectivity index (χ2v) is 9.42. The van der Waals surface area contributed by atoms with E-state index >= 15 is 0 Å². The Morgan fingerprint density at radius 2 is 1.82 bits per heavy atom. The second-order valence-electron chi connectivity index (χ2n) is 7.33. The van der Waals surface area contributed by atoms with E-state index in [0.29, 0.717) is 13.1 Å². The molecule has 1 aliphatic carbocycles. The average Bonchev–Trinajstić information content (AvgIpc) is 3.47. The van der Waals surface area contributed by atoms with Crippen LogP contribution in [-0.2, 0) is 19.6 Å². The van der Waals surface area contributed by atoms with Gasteiger partial charge < -0.3 is 9.64 Å². The summed E-state index contributed by atoms with van der Waals surface area (Å²) in [6.07, 6.45) is 4.70. The molecule has 1 aromatic rings. The molecule has 3 rings (SSSR count). The molecule has 2 fully saturated rings. The van der Waals surface area contributed by atoms with E-state index in [4.69, 9.17) is 16.3 Å². The Labute approximate surface area is 170 Å². The number of esters is 1. The number of carbonyl (C=O) groups excluding carboxylic acids is 2.